The standard InChI is InChI=1S/C13H11NO3S/c1-16-13(15)17-10-3-2-6-14-7-4-11-9(12(10)14)5-8-18-11/h2-5,7-8H,6H2,1H3. The smallest absolute Gasteiger partial charge is 0.437 e. The van der Waals surface area contributed by atoms with Crippen molar-refractivity contribution < 1.29 is 14.3 Å². The van der Waals surface area contributed by atoms with Gasteiger partial charge in [-0.05, 0) is 23.6 Å². The van der Waals surface area contributed by atoms with E-state index in [0.717, 1.165) is 17.8 Å². The minimum absolute atomic E-state index is 0.525. The third kappa shape index (κ3) is 1.73. The van der Waals surface area contributed by atoms with Gasteiger partial charge in [0.1, 0.15) is 0 Å². The molecule has 2 aliphatic rings. The van der Waals surface area contributed by atoms with Crippen molar-refractivity contribution in [2.24, 2.45) is 0 Å². The van der Waals surface area contributed by atoms with Gasteiger partial charge in [0.25, 0.3) is 0 Å². The molecule has 0 aliphatic carbocycles. The molecule has 0 amide bonds. The molecule has 0 radical (unpaired) electrons. The lowest BCUT2D eigenvalue weighted by molar-refractivity contribution is 0.0993. The van der Waals surface area contributed by atoms with E-state index in [9.17, 15) is 4.79 Å². The van der Waals surface area contributed by atoms with Crippen LogP contribution in [0.3, 0.4) is 0 Å². The number of nitrogens with zero attached hydrogens (tertiary/aromatic N) is 1. The van der Waals surface area contributed by atoms with Crippen LogP contribution in [-0.2, 0) is 9.47 Å². The fourth-order valence-electron chi connectivity index (χ4n) is 2.03. The molecule has 3 heterocycles. The molecule has 0 saturated heterocycles. The summed E-state index contributed by atoms with van der Waals surface area (Å²) in [6.45, 7) is 0.773. The predicted molar refractivity (Wildman–Crippen MR) is 69.6 cm³/mol. The van der Waals surface area contributed by atoms with E-state index in [4.69, 9.17) is 4.74 Å². The first kappa shape index (κ1) is 11.1. The number of hydrogen-bond donors (Lipinski definition) is 0. The molecule has 2 aliphatic heterocycles. The lowest BCUT2D eigenvalue weighted by Gasteiger charge is -2.29. The van der Waals surface area contributed by atoms with Crippen LogP contribution >= 0.6 is 11.3 Å². The number of carbonyl (C=O) groups is 1. The van der Waals surface area contributed by atoms with Gasteiger partial charge in [0.15, 0.2) is 5.76 Å². The second-order valence-corrected chi connectivity index (χ2v) is 4.79. The van der Waals surface area contributed by atoms with Crippen LogP contribution in [-0.4, -0.2) is 24.7 Å². The first-order valence-corrected chi connectivity index (χ1v) is 6.37. The van der Waals surface area contributed by atoms with Crippen LogP contribution in [0, 0.1) is 0 Å². The zero-order chi connectivity index (χ0) is 12.5. The lowest BCUT2D eigenvalue weighted by Crippen LogP contribution is -2.23. The Morgan fingerprint density at radius 1 is 1.44 bits per heavy atom. The van der Waals surface area contributed by atoms with Gasteiger partial charge in [-0.2, -0.15) is 0 Å². The third-order valence-corrected chi connectivity index (χ3v) is 3.69. The predicted octanol–water partition coefficient (Wildman–Crippen LogP) is 3.06. The Labute approximate surface area is 108 Å². The summed E-state index contributed by atoms with van der Waals surface area (Å²) in [7, 11) is 1.30. The lowest BCUT2D eigenvalue weighted by atomic mass is 10.1. The molecule has 5 heteroatoms. The van der Waals surface area contributed by atoms with E-state index >= 15 is 0 Å². The fraction of sp³-hybridized carbons (Fsp3) is 0.154. The molecule has 4 nitrogen and oxygen atoms in total. The van der Waals surface area contributed by atoms with Crippen LogP contribution in [0.2, 0.25) is 0 Å². The second kappa shape index (κ2) is 4.34. The van der Waals surface area contributed by atoms with Crippen molar-refractivity contribution in [3.05, 3.63) is 46.0 Å². The number of rotatable bonds is 1. The number of hydrogen-bond acceptors (Lipinski definition) is 5. The summed E-state index contributed by atoms with van der Waals surface area (Å²) in [5, 5.41) is 2.03. The van der Waals surface area contributed by atoms with Crippen LogP contribution in [0.25, 0.3) is 11.8 Å². The largest absolute Gasteiger partial charge is 0.513 e. The summed E-state index contributed by atoms with van der Waals surface area (Å²) >= 11 is 1.66. The van der Waals surface area contributed by atoms with Crippen LogP contribution in [0.15, 0.2) is 35.6 Å². The normalized spacial score (nSPS) is 16.4. The van der Waals surface area contributed by atoms with Crippen molar-refractivity contribution in [2.45, 2.75) is 0 Å². The first-order chi connectivity index (χ1) is 8.79. The van der Waals surface area contributed by atoms with E-state index in [1.807, 2.05) is 34.7 Å². The van der Waals surface area contributed by atoms with Crippen LogP contribution in [0.5, 0.6) is 0 Å². The summed E-state index contributed by atoms with van der Waals surface area (Å²) in [4.78, 5) is 14.5. The zero-order valence-corrected chi connectivity index (χ0v) is 10.6. The van der Waals surface area contributed by atoms with Gasteiger partial charge in [0.05, 0.1) is 12.8 Å². The highest BCUT2D eigenvalue weighted by atomic mass is 32.1. The zero-order valence-electron chi connectivity index (χ0n) is 9.75. The molecule has 0 N–H and O–H groups in total. The Hall–Kier alpha value is -2.01. The maximum atomic E-state index is 11.3. The average molecular weight is 261 g/mol. The molecule has 92 valence electrons. The highest BCUT2D eigenvalue weighted by molar-refractivity contribution is 7.11. The van der Waals surface area contributed by atoms with Crippen molar-refractivity contribution >= 4 is 29.3 Å². The molecule has 0 spiro atoms. The van der Waals surface area contributed by atoms with E-state index in [-0.39, 0.29) is 0 Å². The van der Waals surface area contributed by atoms with Gasteiger partial charge in [0.2, 0.25) is 0 Å². The van der Waals surface area contributed by atoms with Gasteiger partial charge in [0, 0.05) is 23.2 Å². The van der Waals surface area contributed by atoms with E-state index in [1.54, 1.807) is 11.3 Å². The van der Waals surface area contributed by atoms with E-state index in [2.05, 4.69) is 10.8 Å². The molecule has 1 aromatic rings. The topological polar surface area (TPSA) is 38.8 Å². The Kier molecular flexibility index (Phi) is 2.68. The maximum Gasteiger partial charge on any atom is 0.513 e. The van der Waals surface area contributed by atoms with Crippen LogP contribution in [0.4, 0.5) is 4.79 Å². The van der Waals surface area contributed by atoms with Gasteiger partial charge >= 0.3 is 6.16 Å². The Morgan fingerprint density at radius 2 is 2.33 bits per heavy atom. The van der Waals surface area contributed by atoms with E-state index in [0.29, 0.717) is 5.76 Å². The summed E-state index contributed by atoms with van der Waals surface area (Å²) < 4.78 is 9.74. The van der Waals surface area contributed by atoms with Crippen molar-refractivity contribution in [3.63, 3.8) is 0 Å². The molecule has 0 saturated carbocycles. The van der Waals surface area contributed by atoms with Gasteiger partial charge in [-0.15, -0.1) is 11.3 Å². The first-order valence-electron chi connectivity index (χ1n) is 5.49. The molecule has 0 atom stereocenters. The summed E-state index contributed by atoms with van der Waals surface area (Å²) in [5.74, 6) is 0.525. The van der Waals surface area contributed by atoms with Crippen LogP contribution < -0.4 is 0 Å². The van der Waals surface area contributed by atoms with Crippen molar-refractivity contribution in [1.29, 1.82) is 0 Å². The van der Waals surface area contributed by atoms with Gasteiger partial charge in [-0.25, -0.2) is 4.79 Å². The fourth-order valence-corrected chi connectivity index (χ4v) is 2.81. The monoisotopic (exact) mass is 261 g/mol. The van der Waals surface area contributed by atoms with Gasteiger partial charge in [-0.3, -0.25) is 0 Å². The molecular weight excluding hydrogens is 250 g/mol. The van der Waals surface area contributed by atoms with Crippen LogP contribution in [0.1, 0.15) is 10.4 Å². The molecule has 0 aromatic carbocycles. The molecule has 0 bridgehead atoms. The van der Waals surface area contributed by atoms with E-state index < -0.39 is 6.16 Å². The minimum Gasteiger partial charge on any atom is -0.437 e. The van der Waals surface area contributed by atoms with Crippen molar-refractivity contribution in [3.8, 4) is 0 Å². The molecule has 18 heavy (non-hydrogen) atoms. The number of thiophene rings is 1. The Balaban J connectivity index is 2.07. The Morgan fingerprint density at radius 3 is 3.17 bits per heavy atom. The molecular formula is C13H11NO3S. The second-order valence-electron chi connectivity index (χ2n) is 3.84. The maximum absolute atomic E-state index is 11.3. The number of ether oxygens (including phenoxy) is 2. The highest BCUT2D eigenvalue weighted by Gasteiger charge is 2.25. The summed E-state index contributed by atoms with van der Waals surface area (Å²) in [5.41, 5.74) is 2.01. The Bertz CT molecular complexity index is 583. The van der Waals surface area contributed by atoms with Gasteiger partial charge < -0.3 is 14.4 Å². The summed E-state index contributed by atoms with van der Waals surface area (Å²) in [6.07, 6.45) is 7.12. The average Bonchev–Trinajstić information content (AvgIpc) is 2.87. The number of carbonyl (C=O) groups excluding carboxylic acids is 1. The molecule has 1 aromatic heterocycles. The summed E-state index contributed by atoms with van der Waals surface area (Å²) in [6, 6.07) is 2.03. The number of allylic oxidation sites excluding steroid dienone is 1. The number of fused-ring (bicyclic) bond motifs is 3. The number of methoxy groups -OCH3 is 1. The molecule has 0 unspecified atom stereocenters. The van der Waals surface area contributed by atoms with Crippen molar-refractivity contribution in [1.82, 2.24) is 4.90 Å². The quantitative estimate of drug-likeness (QED) is 0.728. The highest BCUT2D eigenvalue weighted by Crippen LogP contribution is 2.37. The SMILES string of the molecule is COC(=O)OC1=C2c3ccsc3C=CN2CC=C1. The van der Waals surface area contributed by atoms with E-state index in [1.165, 1.54) is 12.0 Å². The molecule has 3 rings (SSSR count). The third-order valence-electron chi connectivity index (χ3n) is 2.81. The van der Waals surface area contributed by atoms with Gasteiger partial charge in [-0.1, -0.05) is 6.08 Å². The van der Waals surface area contributed by atoms with Crippen molar-refractivity contribution in [2.75, 3.05) is 13.7 Å². The molecule has 0 fully saturated rings. The minimum atomic E-state index is -0.699.